The van der Waals surface area contributed by atoms with Crippen LogP contribution in [0.3, 0.4) is 0 Å². The van der Waals surface area contributed by atoms with E-state index in [-0.39, 0.29) is 10.8 Å². The van der Waals surface area contributed by atoms with Crippen LogP contribution in [0.2, 0.25) is 0 Å². The zero-order chi connectivity index (χ0) is 56.9. The van der Waals surface area contributed by atoms with E-state index in [2.05, 4.69) is 113 Å². The molecule has 0 atom stereocenters. The lowest BCUT2D eigenvalue weighted by molar-refractivity contribution is 0.397. The molecule has 0 fully saturated rings. The molecular formula is C78H114N2S2. The van der Waals surface area contributed by atoms with Crippen LogP contribution in [-0.2, 0) is 10.8 Å². The Hall–Kier alpha value is -3.60. The Morgan fingerprint density at radius 3 is 0.793 bits per heavy atom. The normalized spacial score (nSPS) is 13.8. The third kappa shape index (κ3) is 17.8. The Bertz CT molecular complexity index is 2460. The van der Waals surface area contributed by atoms with Gasteiger partial charge in [0, 0.05) is 22.0 Å². The molecule has 2 aromatic heterocycles. The summed E-state index contributed by atoms with van der Waals surface area (Å²) < 4.78 is 0. The van der Waals surface area contributed by atoms with Gasteiger partial charge >= 0.3 is 0 Å². The molecule has 0 spiro atoms. The van der Waals surface area contributed by atoms with Crippen LogP contribution >= 0.6 is 22.7 Å². The van der Waals surface area contributed by atoms with Crippen molar-refractivity contribution in [2.24, 2.45) is 0 Å². The SMILES string of the molecule is CCCCCCCCCCCCC1(CCCCCCCCCCCC)c2ccccc2-c2ccc(-c3nc4sc(-c5ccc6c(c5)C(CCCCCCCCCCCC)(CCCCCCCCCCCC)c5ccccc5-6)nc4s3)cc21. The lowest BCUT2D eigenvalue weighted by Crippen LogP contribution is -2.25. The maximum Gasteiger partial charge on any atom is 0.155 e. The third-order valence-electron chi connectivity index (χ3n) is 19.8. The number of hydrogen-bond acceptors (Lipinski definition) is 4. The van der Waals surface area contributed by atoms with Gasteiger partial charge in [-0.05, 0) is 82.3 Å². The van der Waals surface area contributed by atoms with E-state index in [1.165, 1.54) is 316 Å². The molecule has 0 unspecified atom stereocenters. The number of hydrogen-bond donors (Lipinski definition) is 0. The number of fused-ring (bicyclic) bond motifs is 7. The standard InChI is InChI=1S/C78H114N2S2/c1-5-9-13-17-21-25-29-33-37-45-57-77(58-46-38-34-30-26-22-18-14-10-6-2)69-51-43-41-49-65(69)67-55-53-63(61-71(67)77)73-79-75-76(81-73)80-74(82-75)64-54-56-68-66-50-42-44-52-70(66)78(72(68)62-64,59-47-39-35-31-27-23-19-15-11-7-3)60-48-40-36-32-28-24-20-16-12-8-4/h41-44,49-56,61-62H,5-40,45-48,57-60H2,1-4H3. The van der Waals surface area contributed by atoms with Gasteiger partial charge in [-0.2, -0.15) is 0 Å². The van der Waals surface area contributed by atoms with Crippen molar-refractivity contribution in [3.05, 3.63) is 107 Å². The lowest BCUT2D eigenvalue weighted by Gasteiger charge is -2.33. The highest BCUT2D eigenvalue weighted by molar-refractivity contribution is 7.29. The summed E-state index contributed by atoms with van der Waals surface area (Å²) in [6, 6.07) is 34.0. The summed E-state index contributed by atoms with van der Waals surface area (Å²) in [4.78, 5) is 13.2. The number of aromatic nitrogens is 2. The van der Waals surface area contributed by atoms with Crippen LogP contribution in [0.5, 0.6) is 0 Å². The fourth-order valence-electron chi connectivity index (χ4n) is 15.0. The molecule has 2 heterocycles. The highest BCUT2D eigenvalue weighted by Crippen LogP contribution is 2.57. The van der Waals surface area contributed by atoms with Crippen LogP contribution in [0.1, 0.15) is 332 Å². The molecule has 2 aliphatic rings. The monoisotopic (exact) mass is 1140 g/mol. The Balaban J connectivity index is 1.00. The molecule has 2 aliphatic carbocycles. The molecule has 0 aliphatic heterocycles. The molecule has 0 saturated carbocycles. The molecule has 448 valence electrons. The van der Waals surface area contributed by atoms with Crippen molar-refractivity contribution in [1.29, 1.82) is 0 Å². The highest BCUT2D eigenvalue weighted by atomic mass is 32.1. The first kappa shape index (κ1) is 64.4. The zero-order valence-corrected chi connectivity index (χ0v) is 54.5. The van der Waals surface area contributed by atoms with Gasteiger partial charge in [-0.1, -0.05) is 380 Å². The zero-order valence-electron chi connectivity index (χ0n) is 52.9. The fraction of sp³-hybridized carbons (Fsp3) is 0.641. The predicted molar refractivity (Wildman–Crippen MR) is 364 cm³/mol. The van der Waals surface area contributed by atoms with E-state index in [1.54, 1.807) is 22.3 Å². The van der Waals surface area contributed by atoms with E-state index in [0.717, 1.165) is 19.7 Å². The van der Waals surface area contributed by atoms with Crippen LogP contribution in [0.4, 0.5) is 0 Å². The molecule has 2 nitrogen and oxygen atoms in total. The fourth-order valence-corrected chi connectivity index (χ4v) is 17.1. The van der Waals surface area contributed by atoms with E-state index in [9.17, 15) is 0 Å². The summed E-state index contributed by atoms with van der Waals surface area (Å²) in [6.07, 6.45) is 60.3. The molecule has 8 rings (SSSR count). The Labute approximate surface area is 510 Å². The van der Waals surface area contributed by atoms with Crippen LogP contribution in [0.25, 0.3) is 53.1 Å². The van der Waals surface area contributed by atoms with E-state index in [1.807, 2.05) is 22.7 Å². The molecular weight excluding hydrogens is 1030 g/mol. The van der Waals surface area contributed by atoms with Gasteiger partial charge in [-0.3, -0.25) is 0 Å². The third-order valence-corrected chi connectivity index (χ3v) is 22.0. The van der Waals surface area contributed by atoms with Crippen LogP contribution in [0.15, 0.2) is 84.9 Å². The summed E-state index contributed by atoms with van der Waals surface area (Å²) in [5.41, 5.74) is 14.9. The molecule has 0 radical (unpaired) electrons. The molecule has 0 N–H and O–H groups in total. The van der Waals surface area contributed by atoms with Gasteiger partial charge in [0.15, 0.2) is 9.66 Å². The molecule has 6 aromatic rings. The number of rotatable bonds is 46. The van der Waals surface area contributed by atoms with Gasteiger partial charge in [0.25, 0.3) is 0 Å². The Morgan fingerprint density at radius 1 is 0.268 bits per heavy atom. The minimum absolute atomic E-state index is 0.0614. The Morgan fingerprint density at radius 2 is 0.512 bits per heavy atom. The largest absolute Gasteiger partial charge is 0.223 e. The van der Waals surface area contributed by atoms with E-state index >= 15 is 0 Å². The first-order valence-electron chi connectivity index (χ1n) is 35.3. The summed E-state index contributed by atoms with van der Waals surface area (Å²) in [6.45, 7) is 9.30. The van der Waals surface area contributed by atoms with Crippen molar-refractivity contribution in [3.63, 3.8) is 0 Å². The van der Waals surface area contributed by atoms with Crippen LogP contribution < -0.4 is 0 Å². The number of unbranched alkanes of at least 4 members (excludes halogenated alkanes) is 36. The topological polar surface area (TPSA) is 25.8 Å². The maximum absolute atomic E-state index is 5.49. The molecule has 0 amide bonds. The van der Waals surface area contributed by atoms with E-state index in [4.69, 9.17) is 9.97 Å². The second kappa shape index (κ2) is 35.8. The average Bonchev–Trinajstić information content (AvgIpc) is 3.24. The Kier molecular flexibility index (Phi) is 28.1. The van der Waals surface area contributed by atoms with Crippen molar-refractivity contribution in [2.45, 2.75) is 321 Å². The van der Waals surface area contributed by atoms with Crippen molar-refractivity contribution in [2.75, 3.05) is 0 Å². The summed E-state index contributed by atoms with van der Waals surface area (Å²) in [5.74, 6) is 0. The van der Waals surface area contributed by atoms with Gasteiger partial charge in [-0.15, -0.1) is 0 Å². The van der Waals surface area contributed by atoms with Gasteiger partial charge in [0.05, 0.1) is 0 Å². The quantitative estimate of drug-likeness (QED) is 0.0356. The minimum Gasteiger partial charge on any atom is -0.223 e. The second-order valence-electron chi connectivity index (χ2n) is 26.2. The molecule has 82 heavy (non-hydrogen) atoms. The van der Waals surface area contributed by atoms with Gasteiger partial charge in [-0.25, -0.2) is 9.97 Å². The molecule has 4 aromatic carbocycles. The lowest BCUT2D eigenvalue weighted by atomic mass is 9.70. The molecule has 0 saturated heterocycles. The minimum atomic E-state index is 0.0614. The summed E-state index contributed by atoms with van der Waals surface area (Å²) >= 11 is 3.63. The van der Waals surface area contributed by atoms with Gasteiger partial charge < -0.3 is 0 Å². The van der Waals surface area contributed by atoms with Crippen molar-refractivity contribution < 1.29 is 0 Å². The van der Waals surface area contributed by atoms with Gasteiger partial charge in [0.1, 0.15) is 10.0 Å². The summed E-state index contributed by atoms with van der Waals surface area (Å²) in [5, 5.41) is 2.25. The first-order valence-corrected chi connectivity index (χ1v) is 37.0. The van der Waals surface area contributed by atoms with E-state index in [0.29, 0.717) is 0 Å². The second-order valence-corrected chi connectivity index (χ2v) is 28.1. The average molecular weight is 1140 g/mol. The molecule has 4 heteroatoms. The smallest absolute Gasteiger partial charge is 0.155 e. The first-order chi connectivity index (χ1) is 40.6. The predicted octanol–water partition coefficient (Wildman–Crippen LogP) is 26.9. The van der Waals surface area contributed by atoms with E-state index < -0.39 is 0 Å². The van der Waals surface area contributed by atoms with Crippen LogP contribution in [-0.4, -0.2) is 9.97 Å². The number of thiazole rings is 2. The number of nitrogens with zero attached hydrogens (tertiary/aromatic N) is 2. The molecule has 0 bridgehead atoms. The van der Waals surface area contributed by atoms with Crippen LogP contribution in [0, 0.1) is 0 Å². The van der Waals surface area contributed by atoms with Crippen molar-refractivity contribution in [1.82, 2.24) is 9.97 Å². The maximum atomic E-state index is 5.49. The van der Waals surface area contributed by atoms with Crippen molar-refractivity contribution in [3.8, 4) is 43.4 Å². The summed E-state index contributed by atoms with van der Waals surface area (Å²) in [7, 11) is 0. The number of benzene rings is 4. The van der Waals surface area contributed by atoms with Crippen molar-refractivity contribution >= 4 is 32.3 Å². The highest BCUT2D eigenvalue weighted by Gasteiger charge is 2.44. The van der Waals surface area contributed by atoms with Gasteiger partial charge in [0.2, 0.25) is 0 Å².